The van der Waals surface area contributed by atoms with Gasteiger partial charge in [-0.15, -0.1) is 0 Å². The molecule has 3 rings (SSSR count). The second-order valence-corrected chi connectivity index (χ2v) is 5.64. The van der Waals surface area contributed by atoms with Crippen LogP contribution in [0.3, 0.4) is 0 Å². The van der Waals surface area contributed by atoms with E-state index in [-0.39, 0.29) is 22.4 Å². The maximum atomic E-state index is 13.1. The van der Waals surface area contributed by atoms with Gasteiger partial charge in [0.1, 0.15) is 16.9 Å². The molecule has 140 valence electrons. The second kappa shape index (κ2) is 6.38. The van der Waals surface area contributed by atoms with Crippen LogP contribution in [0.4, 0.5) is 18.9 Å². The zero-order valence-electron chi connectivity index (χ0n) is 14.2. The first-order valence-corrected chi connectivity index (χ1v) is 7.59. The lowest BCUT2D eigenvalue weighted by Crippen LogP contribution is -2.29. The predicted molar refractivity (Wildman–Crippen MR) is 90.6 cm³/mol. The average molecular weight is 378 g/mol. The van der Waals surface area contributed by atoms with Gasteiger partial charge in [-0.25, -0.2) is 9.78 Å². The summed E-state index contributed by atoms with van der Waals surface area (Å²) < 4.78 is 44.7. The number of methoxy groups -OCH3 is 1. The van der Waals surface area contributed by atoms with Crippen LogP contribution in [-0.4, -0.2) is 27.6 Å². The van der Waals surface area contributed by atoms with Gasteiger partial charge in [-0.2, -0.15) is 13.2 Å². The molecular formula is C17H13F3N4O3. The van der Waals surface area contributed by atoms with E-state index in [0.29, 0.717) is 5.69 Å². The Balaban J connectivity index is 2.50. The van der Waals surface area contributed by atoms with Crippen LogP contribution in [0.2, 0.25) is 0 Å². The molecule has 0 spiro atoms. The van der Waals surface area contributed by atoms with Gasteiger partial charge in [0.05, 0.1) is 24.7 Å². The van der Waals surface area contributed by atoms with Crippen LogP contribution in [0.5, 0.6) is 0 Å². The highest BCUT2D eigenvalue weighted by Gasteiger charge is 2.33. The number of pyridine rings is 3. The van der Waals surface area contributed by atoms with E-state index in [1.54, 1.807) is 13.0 Å². The molecule has 3 aromatic heterocycles. The van der Waals surface area contributed by atoms with Gasteiger partial charge in [0.25, 0.3) is 5.56 Å². The lowest BCUT2D eigenvalue weighted by molar-refractivity contribution is -0.141. The van der Waals surface area contributed by atoms with Crippen molar-refractivity contribution < 1.29 is 22.7 Å². The third-order valence-corrected chi connectivity index (χ3v) is 3.90. The Morgan fingerprint density at radius 1 is 1.22 bits per heavy atom. The van der Waals surface area contributed by atoms with Gasteiger partial charge in [0.15, 0.2) is 0 Å². The van der Waals surface area contributed by atoms with E-state index in [0.717, 1.165) is 23.8 Å². The van der Waals surface area contributed by atoms with Crippen LogP contribution < -0.4 is 11.3 Å². The van der Waals surface area contributed by atoms with E-state index in [1.807, 2.05) is 0 Å². The van der Waals surface area contributed by atoms with Crippen molar-refractivity contribution in [3.05, 3.63) is 57.8 Å². The summed E-state index contributed by atoms with van der Waals surface area (Å²) in [5.41, 5.74) is 3.34. The minimum absolute atomic E-state index is 0.00331. The molecule has 0 aliphatic heterocycles. The fourth-order valence-corrected chi connectivity index (χ4v) is 2.58. The smallest absolute Gasteiger partial charge is 0.433 e. The van der Waals surface area contributed by atoms with Crippen molar-refractivity contribution in [3.63, 3.8) is 0 Å². The van der Waals surface area contributed by atoms with Crippen molar-refractivity contribution in [1.29, 1.82) is 0 Å². The van der Waals surface area contributed by atoms with Crippen LogP contribution in [0, 0.1) is 6.92 Å². The number of carbonyl (C=O) groups is 1. The van der Waals surface area contributed by atoms with Crippen LogP contribution in [0.25, 0.3) is 16.7 Å². The van der Waals surface area contributed by atoms with Gasteiger partial charge < -0.3 is 10.5 Å². The molecule has 0 radical (unpaired) electrons. The number of ether oxygens (including phenoxy) is 1. The van der Waals surface area contributed by atoms with Crippen LogP contribution >= 0.6 is 0 Å². The monoisotopic (exact) mass is 378 g/mol. The SMILES string of the molecule is COC(=O)c1c(N)c2ccc(C(F)(F)F)nc2n(-c2ccc(C)nc2)c1=O. The molecule has 0 aromatic carbocycles. The summed E-state index contributed by atoms with van der Waals surface area (Å²) in [4.78, 5) is 32.5. The van der Waals surface area contributed by atoms with Crippen molar-refractivity contribution in [2.75, 3.05) is 12.8 Å². The highest BCUT2D eigenvalue weighted by Crippen LogP contribution is 2.31. The molecule has 10 heteroatoms. The molecule has 7 nitrogen and oxygen atoms in total. The maximum Gasteiger partial charge on any atom is 0.433 e. The number of nitrogens with two attached hydrogens (primary N) is 1. The van der Waals surface area contributed by atoms with Gasteiger partial charge in [0.2, 0.25) is 0 Å². The first-order valence-electron chi connectivity index (χ1n) is 7.59. The molecular weight excluding hydrogens is 365 g/mol. The Morgan fingerprint density at radius 3 is 2.48 bits per heavy atom. The normalized spacial score (nSPS) is 11.6. The summed E-state index contributed by atoms with van der Waals surface area (Å²) in [5, 5.41) is 0.00331. The number of nitrogen functional groups attached to an aromatic ring is 1. The first-order chi connectivity index (χ1) is 12.6. The van der Waals surface area contributed by atoms with E-state index < -0.39 is 29.0 Å². The molecule has 0 bridgehead atoms. The molecule has 0 saturated heterocycles. The van der Waals surface area contributed by atoms with E-state index in [4.69, 9.17) is 5.73 Å². The van der Waals surface area contributed by atoms with Gasteiger partial charge >= 0.3 is 12.1 Å². The number of rotatable bonds is 2. The lowest BCUT2D eigenvalue weighted by Gasteiger charge is -2.15. The summed E-state index contributed by atoms with van der Waals surface area (Å²) in [6, 6.07) is 4.82. The summed E-state index contributed by atoms with van der Waals surface area (Å²) in [5.74, 6) is -1.01. The largest absolute Gasteiger partial charge is 0.465 e. The molecule has 0 fully saturated rings. The fourth-order valence-electron chi connectivity index (χ4n) is 2.58. The number of anilines is 1. The Bertz CT molecular complexity index is 1110. The number of carbonyl (C=O) groups excluding carboxylic acids is 1. The van der Waals surface area contributed by atoms with E-state index in [1.165, 1.54) is 12.3 Å². The zero-order valence-corrected chi connectivity index (χ0v) is 14.2. The van der Waals surface area contributed by atoms with Crippen molar-refractivity contribution in [3.8, 4) is 5.69 Å². The van der Waals surface area contributed by atoms with Gasteiger partial charge in [-0.05, 0) is 31.2 Å². The molecule has 0 saturated carbocycles. The zero-order chi connectivity index (χ0) is 19.9. The Labute approximate surface area is 150 Å². The molecule has 3 aromatic rings. The molecule has 0 amide bonds. The van der Waals surface area contributed by atoms with Gasteiger partial charge in [0, 0.05) is 11.1 Å². The molecule has 0 aliphatic rings. The number of aromatic nitrogens is 3. The van der Waals surface area contributed by atoms with Crippen molar-refractivity contribution in [2.45, 2.75) is 13.1 Å². The van der Waals surface area contributed by atoms with Crippen molar-refractivity contribution >= 4 is 22.7 Å². The third-order valence-electron chi connectivity index (χ3n) is 3.90. The topological polar surface area (TPSA) is 100 Å². The number of fused-ring (bicyclic) bond motifs is 1. The highest BCUT2D eigenvalue weighted by atomic mass is 19.4. The minimum atomic E-state index is -4.73. The summed E-state index contributed by atoms with van der Waals surface area (Å²) in [6.07, 6.45) is -3.44. The third kappa shape index (κ3) is 3.09. The molecule has 27 heavy (non-hydrogen) atoms. The van der Waals surface area contributed by atoms with Gasteiger partial charge in [-0.3, -0.25) is 14.3 Å². The van der Waals surface area contributed by atoms with E-state index in [2.05, 4.69) is 14.7 Å². The Morgan fingerprint density at radius 2 is 1.93 bits per heavy atom. The minimum Gasteiger partial charge on any atom is -0.465 e. The molecule has 0 unspecified atom stereocenters. The average Bonchev–Trinajstić information content (AvgIpc) is 2.62. The number of hydrogen-bond acceptors (Lipinski definition) is 6. The summed E-state index contributed by atoms with van der Waals surface area (Å²) in [7, 11) is 1.06. The number of halogens is 3. The standard InChI is InChI=1S/C17H13F3N4O3/c1-8-3-4-9(7-22-8)24-14-10(5-6-11(23-14)17(18,19)20)13(21)12(15(24)25)16(26)27-2/h3-7H,21H2,1-2H3. The number of aryl methyl sites for hydroxylation is 1. The number of alkyl halides is 3. The summed E-state index contributed by atoms with van der Waals surface area (Å²) in [6.45, 7) is 1.70. The second-order valence-electron chi connectivity index (χ2n) is 5.64. The van der Waals surface area contributed by atoms with Gasteiger partial charge in [-0.1, -0.05) is 0 Å². The number of hydrogen-bond donors (Lipinski definition) is 1. The van der Waals surface area contributed by atoms with Crippen LogP contribution in [0.15, 0.2) is 35.3 Å². The molecule has 0 aliphatic carbocycles. The molecule has 3 heterocycles. The fraction of sp³-hybridized carbons (Fsp3) is 0.176. The lowest BCUT2D eigenvalue weighted by atomic mass is 10.1. The number of nitrogens with zero attached hydrogens (tertiary/aromatic N) is 3. The predicted octanol–water partition coefficient (Wildman–Crippen LogP) is 2.48. The van der Waals surface area contributed by atoms with Crippen LogP contribution in [0.1, 0.15) is 21.7 Å². The summed E-state index contributed by atoms with van der Waals surface area (Å²) >= 11 is 0. The Hall–Kier alpha value is -3.43. The van der Waals surface area contributed by atoms with Crippen molar-refractivity contribution in [2.24, 2.45) is 0 Å². The quantitative estimate of drug-likeness (QED) is 0.688. The van der Waals surface area contributed by atoms with Crippen LogP contribution in [-0.2, 0) is 10.9 Å². The van der Waals surface area contributed by atoms with Crippen molar-refractivity contribution in [1.82, 2.24) is 14.5 Å². The van der Waals surface area contributed by atoms with E-state index >= 15 is 0 Å². The maximum absolute atomic E-state index is 13.1. The first kappa shape index (κ1) is 18.4. The van der Waals surface area contributed by atoms with E-state index in [9.17, 15) is 22.8 Å². The number of esters is 1. The molecule has 2 N–H and O–H groups in total. The Kier molecular flexibility index (Phi) is 4.34. The molecule has 0 atom stereocenters. The highest BCUT2D eigenvalue weighted by molar-refractivity contribution is 6.03.